The number of benzene rings is 1. The lowest BCUT2D eigenvalue weighted by Crippen LogP contribution is -2.57. The van der Waals surface area contributed by atoms with Gasteiger partial charge in [-0.05, 0) is 30.9 Å². The average Bonchev–Trinajstić information content (AvgIpc) is 2.58. The second kappa shape index (κ2) is 8.26. The normalized spacial score (nSPS) is 20.7. The van der Waals surface area contributed by atoms with Crippen LogP contribution in [0.4, 0.5) is 0 Å². The molecule has 1 aromatic carbocycles. The Kier molecular flexibility index (Phi) is 6.34. The molecule has 0 radical (unpaired) electrons. The van der Waals surface area contributed by atoms with Gasteiger partial charge < -0.3 is 20.1 Å². The van der Waals surface area contributed by atoms with E-state index in [0.29, 0.717) is 39.1 Å². The third-order valence-corrected chi connectivity index (χ3v) is 4.36. The summed E-state index contributed by atoms with van der Waals surface area (Å²) in [5.74, 6) is -0.553. The molecule has 24 heavy (non-hydrogen) atoms. The molecule has 1 atom stereocenters. The number of nitrogens with zero attached hydrogens (tertiary/aromatic N) is 1. The van der Waals surface area contributed by atoms with Gasteiger partial charge >= 0.3 is 0 Å². The van der Waals surface area contributed by atoms with E-state index in [-0.39, 0.29) is 12.5 Å². The predicted octanol–water partition coefficient (Wildman–Crippen LogP) is 1.21. The van der Waals surface area contributed by atoms with Gasteiger partial charge in [-0.15, -0.1) is 0 Å². The first-order valence-electron chi connectivity index (χ1n) is 8.37. The molecular formula is C18H26N2O4. The molecule has 1 saturated heterocycles. The van der Waals surface area contributed by atoms with Gasteiger partial charge in [0.1, 0.15) is 0 Å². The van der Waals surface area contributed by atoms with Gasteiger partial charge in [0.25, 0.3) is 5.91 Å². The monoisotopic (exact) mass is 334 g/mol. The summed E-state index contributed by atoms with van der Waals surface area (Å²) >= 11 is 0. The molecule has 0 bridgehead atoms. The topological polar surface area (TPSA) is 78.9 Å². The van der Waals surface area contributed by atoms with E-state index in [2.05, 4.69) is 5.32 Å². The van der Waals surface area contributed by atoms with Crippen LogP contribution in [-0.2, 0) is 27.5 Å². The molecular weight excluding hydrogens is 308 g/mol. The Morgan fingerprint density at radius 3 is 2.71 bits per heavy atom. The SMILES string of the molecule is CCOCc1ccccc1CNC(=O)C1(O)CCCN(C(C)=O)C1. The standard InChI is InChI=1S/C18H26N2O4/c1-3-24-12-16-8-5-4-7-15(16)11-19-17(22)18(23)9-6-10-20(13-18)14(2)21/h4-5,7-8,23H,3,6,9-13H2,1-2H3,(H,19,22). The molecule has 1 aliphatic heterocycles. The van der Waals surface area contributed by atoms with Crippen molar-refractivity contribution in [3.8, 4) is 0 Å². The number of likely N-dealkylation sites (tertiary alicyclic amines) is 1. The largest absolute Gasteiger partial charge is 0.378 e. The Labute approximate surface area is 142 Å². The van der Waals surface area contributed by atoms with Crippen molar-refractivity contribution in [3.63, 3.8) is 0 Å². The number of amides is 2. The lowest BCUT2D eigenvalue weighted by molar-refractivity contribution is -0.150. The lowest BCUT2D eigenvalue weighted by Gasteiger charge is -2.37. The Hall–Kier alpha value is -1.92. The Morgan fingerprint density at radius 1 is 1.33 bits per heavy atom. The van der Waals surface area contributed by atoms with Crippen LogP contribution in [0.1, 0.15) is 37.8 Å². The summed E-state index contributed by atoms with van der Waals surface area (Å²) < 4.78 is 5.44. The molecule has 6 nitrogen and oxygen atoms in total. The quantitative estimate of drug-likeness (QED) is 0.820. The number of nitrogens with one attached hydrogen (secondary N) is 1. The third-order valence-electron chi connectivity index (χ3n) is 4.36. The van der Waals surface area contributed by atoms with Crippen LogP contribution in [0.25, 0.3) is 0 Å². The van der Waals surface area contributed by atoms with Crippen molar-refractivity contribution in [1.82, 2.24) is 10.2 Å². The molecule has 1 unspecified atom stereocenters. The van der Waals surface area contributed by atoms with E-state index in [4.69, 9.17) is 4.74 Å². The average molecular weight is 334 g/mol. The smallest absolute Gasteiger partial charge is 0.254 e. The zero-order valence-corrected chi connectivity index (χ0v) is 14.4. The number of piperidine rings is 1. The molecule has 2 N–H and O–H groups in total. The first-order chi connectivity index (χ1) is 11.5. The van der Waals surface area contributed by atoms with Crippen LogP contribution in [-0.4, -0.2) is 47.1 Å². The number of hydrogen-bond donors (Lipinski definition) is 2. The molecule has 0 aromatic heterocycles. The summed E-state index contributed by atoms with van der Waals surface area (Å²) in [7, 11) is 0. The van der Waals surface area contributed by atoms with Gasteiger partial charge in [0.05, 0.1) is 13.2 Å². The highest BCUT2D eigenvalue weighted by molar-refractivity contribution is 5.86. The molecule has 6 heteroatoms. The Bertz CT molecular complexity index is 590. The van der Waals surface area contributed by atoms with Gasteiger partial charge in [-0.1, -0.05) is 24.3 Å². The van der Waals surface area contributed by atoms with Crippen molar-refractivity contribution in [2.75, 3.05) is 19.7 Å². The van der Waals surface area contributed by atoms with Crippen LogP contribution in [0.2, 0.25) is 0 Å². The van der Waals surface area contributed by atoms with Gasteiger partial charge in [0.15, 0.2) is 5.60 Å². The van der Waals surface area contributed by atoms with Gasteiger partial charge in [0, 0.05) is 26.6 Å². The highest BCUT2D eigenvalue weighted by Crippen LogP contribution is 2.22. The maximum Gasteiger partial charge on any atom is 0.254 e. The lowest BCUT2D eigenvalue weighted by atomic mass is 9.91. The first kappa shape index (κ1) is 18.4. The minimum Gasteiger partial charge on any atom is -0.378 e. The zero-order chi connectivity index (χ0) is 17.6. The molecule has 0 aliphatic carbocycles. The molecule has 1 aliphatic rings. The molecule has 1 aromatic rings. The molecule has 2 rings (SSSR count). The summed E-state index contributed by atoms with van der Waals surface area (Å²) in [4.78, 5) is 25.5. The van der Waals surface area contributed by atoms with Crippen LogP contribution < -0.4 is 5.32 Å². The summed E-state index contributed by atoms with van der Waals surface area (Å²) in [5, 5.41) is 13.4. The van der Waals surface area contributed by atoms with Crippen molar-refractivity contribution in [2.24, 2.45) is 0 Å². The van der Waals surface area contributed by atoms with Crippen molar-refractivity contribution >= 4 is 11.8 Å². The van der Waals surface area contributed by atoms with Crippen LogP contribution in [0, 0.1) is 0 Å². The van der Waals surface area contributed by atoms with Crippen LogP contribution in [0.3, 0.4) is 0 Å². The van der Waals surface area contributed by atoms with Crippen LogP contribution >= 0.6 is 0 Å². The highest BCUT2D eigenvalue weighted by Gasteiger charge is 2.40. The molecule has 2 amide bonds. The second-order valence-corrected chi connectivity index (χ2v) is 6.16. The van der Waals surface area contributed by atoms with E-state index in [9.17, 15) is 14.7 Å². The Morgan fingerprint density at radius 2 is 2.04 bits per heavy atom. The molecule has 132 valence electrons. The summed E-state index contributed by atoms with van der Waals surface area (Å²) in [6.45, 7) is 5.46. The second-order valence-electron chi connectivity index (χ2n) is 6.16. The van der Waals surface area contributed by atoms with Crippen molar-refractivity contribution in [1.29, 1.82) is 0 Å². The summed E-state index contributed by atoms with van der Waals surface area (Å²) in [6.07, 6.45) is 0.980. The van der Waals surface area contributed by atoms with Crippen LogP contribution in [0.5, 0.6) is 0 Å². The number of aliphatic hydroxyl groups is 1. The molecule has 0 saturated carbocycles. The van der Waals surface area contributed by atoms with E-state index < -0.39 is 11.5 Å². The number of ether oxygens (including phenoxy) is 1. The predicted molar refractivity (Wildman–Crippen MR) is 90.1 cm³/mol. The summed E-state index contributed by atoms with van der Waals surface area (Å²) in [6, 6.07) is 7.73. The number of β-amino-alcohol motifs (C(OH)–C–C–N with tert-alkyl or cyclic N) is 1. The zero-order valence-electron chi connectivity index (χ0n) is 14.4. The first-order valence-corrected chi connectivity index (χ1v) is 8.37. The van der Waals surface area contributed by atoms with Gasteiger partial charge in [-0.25, -0.2) is 0 Å². The number of carbonyl (C=O) groups excluding carboxylic acids is 2. The van der Waals surface area contributed by atoms with Gasteiger partial charge in [-0.3, -0.25) is 9.59 Å². The summed E-state index contributed by atoms with van der Waals surface area (Å²) in [5.41, 5.74) is 0.460. The number of carbonyl (C=O) groups is 2. The number of rotatable bonds is 6. The van der Waals surface area contributed by atoms with E-state index >= 15 is 0 Å². The fourth-order valence-corrected chi connectivity index (χ4v) is 2.91. The van der Waals surface area contributed by atoms with Gasteiger partial charge in [-0.2, -0.15) is 0 Å². The van der Waals surface area contributed by atoms with E-state index in [0.717, 1.165) is 11.1 Å². The highest BCUT2D eigenvalue weighted by atomic mass is 16.5. The molecule has 1 fully saturated rings. The van der Waals surface area contributed by atoms with Crippen molar-refractivity contribution in [3.05, 3.63) is 35.4 Å². The Balaban J connectivity index is 1.99. The third kappa shape index (κ3) is 4.55. The van der Waals surface area contributed by atoms with Crippen molar-refractivity contribution in [2.45, 2.75) is 45.4 Å². The minimum absolute atomic E-state index is 0.0504. The van der Waals surface area contributed by atoms with Crippen LogP contribution in [0.15, 0.2) is 24.3 Å². The van der Waals surface area contributed by atoms with Gasteiger partial charge in [0.2, 0.25) is 5.91 Å². The fraction of sp³-hybridized carbons (Fsp3) is 0.556. The molecule has 0 spiro atoms. The fourth-order valence-electron chi connectivity index (χ4n) is 2.91. The minimum atomic E-state index is -1.52. The maximum atomic E-state index is 12.5. The van der Waals surface area contributed by atoms with E-state index in [1.165, 1.54) is 11.8 Å². The molecule has 1 heterocycles. The van der Waals surface area contributed by atoms with E-state index in [1.807, 2.05) is 31.2 Å². The maximum absolute atomic E-state index is 12.5. The number of hydrogen-bond acceptors (Lipinski definition) is 4. The van der Waals surface area contributed by atoms with E-state index in [1.54, 1.807) is 0 Å². The van der Waals surface area contributed by atoms with Crippen molar-refractivity contribution < 1.29 is 19.4 Å².